The Labute approximate surface area is 258 Å². The number of nitrogens with one attached hydrogen (secondary N) is 1. The van der Waals surface area contributed by atoms with Gasteiger partial charge >= 0.3 is 0 Å². The van der Waals surface area contributed by atoms with Crippen LogP contribution in [0.2, 0.25) is 0 Å². The van der Waals surface area contributed by atoms with Crippen LogP contribution in [0.5, 0.6) is 5.75 Å². The highest BCUT2D eigenvalue weighted by Crippen LogP contribution is 2.27. The molecule has 0 aliphatic rings. The molecule has 230 valence electrons. The lowest BCUT2D eigenvalue weighted by molar-refractivity contribution is -0.140. The highest BCUT2D eigenvalue weighted by molar-refractivity contribution is 7.92. The van der Waals surface area contributed by atoms with Crippen molar-refractivity contribution in [2.75, 3.05) is 24.0 Å². The average Bonchev–Trinajstić information content (AvgIpc) is 3.04. The first-order valence-electron chi connectivity index (χ1n) is 14.4. The Morgan fingerprint density at radius 1 is 0.818 bits per heavy atom. The van der Waals surface area contributed by atoms with Gasteiger partial charge in [0.2, 0.25) is 11.8 Å². The molecule has 0 bridgehead atoms. The van der Waals surface area contributed by atoms with Crippen molar-refractivity contribution in [2.45, 2.75) is 37.8 Å². The molecule has 0 fully saturated rings. The number of anilines is 1. The molecule has 10 heteroatoms. The minimum absolute atomic E-state index is 0.0105. The molecule has 1 atom stereocenters. The molecule has 8 nitrogen and oxygen atoms in total. The molecule has 0 saturated heterocycles. The van der Waals surface area contributed by atoms with E-state index in [1.165, 1.54) is 41.3 Å². The lowest BCUT2D eigenvalue weighted by Crippen LogP contribution is -2.53. The summed E-state index contributed by atoms with van der Waals surface area (Å²) in [5.74, 6) is -0.871. The van der Waals surface area contributed by atoms with Crippen LogP contribution in [0.15, 0.2) is 114 Å². The zero-order valence-corrected chi connectivity index (χ0v) is 25.5. The van der Waals surface area contributed by atoms with E-state index in [4.69, 9.17) is 4.74 Å². The molecule has 0 aliphatic heterocycles. The van der Waals surface area contributed by atoms with Gasteiger partial charge in [0.05, 0.1) is 17.2 Å². The zero-order chi connectivity index (χ0) is 31.5. The molecule has 4 aromatic carbocycles. The van der Waals surface area contributed by atoms with E-state index >= 15 is 0 Å². The summed E-state index contributed by atoms with van der Waals surface area (Å²) < 4.78 is 48.3. The summed E-state index contributed by atoms with van der Waals surface area (Å²) in [4.78, 5) is 29.2. The molecule has 4 aromatic rings. The second kappa shape index (κ2) is 15.2. The lowest BCUT2D eigenvalue weighted by Gasteiger charge is -2.33. The number of amides is 2. The largest absolute Gasteiger partial charge is 0.494 e. The molecular formula is C34H36FN3O5S. The highest BCUT2D eigenvalue weighted by Gasteiger charge is 2.34. The maximum absolute atomic E-state index is 14.3. The fourth-order valence-corrected chi connectivity index (χ4v) is 6.19. The lowest BCUT2D eigenvalue weighted by atomic mass is 10.0. The van der Waals surface area contributed by atoms with Crippen molar-refractivity contribution in [3.8, 4) is 5.75 Å². The second-order valence-electron chi connectivity index (χ2n) is 10.00. The van der Waals surface area contributed by atoms with Crippen LogP contribution in [-0.2, 0) is 32.6 Å². The molecule has 0 aliphatic carbocycles. The van der Waals surface area contributed by atoms with Crippen molar-refractivity contribution < 1.29 is 27.1 Å². The summed E-state index contributed by atoms with van der Waals surface area (Å²) in [6, 6.07) is 28.2. The van der Waals surface area contributed by atoms with E-state index in [9.17, 15) is 22.4 Å². The maximum Gasteiger partial charge on any atom is 0.264 e. The van der Waals surface area contributed by atoms with Crippen molar-refractivity contribution in [1.29, 1.82) is 0 Å². The van der Waals surface area contributed by atoms with Crippen molar-refractivity contribution in [3.05, 3.63) is 126 Å². The molecule has 1 N–H and O–H groups in total. The zero-order valence-electron chi connectivity index (χ0n) is 24.7. The molecular weight excluding hydrogens is 581 g/mol. The van der Waals surface area contributed by atoms with Crippen molar-refractivity contribution >= 4 is 27.5 Å². The first kappa shape index (κ1) is 32.2. The number of carbonyl (C=O) groups excluding carboxylic acids is 2. The Hall–Kier alpha value is -4.70. The Morgan fingerprint density at radius 2 is 1.43 bits per heavy atom. The van der Waals surface area contributed by atoms with Crippen molar-refractivity contribution in [1.82, 2.24) is 10.2 Å². The van der Waals surface area contributed by atoms with Gasteiger partial charge < -0.3 is 15.0 Å². The highest BCUT2D eigenvalue weighted by atomic mass is 32.2. The summed E-state index contributed by atoms with van der Waals surface area (Å²) in [5.41, 5.74) is 1.66. The van der Waals surface area contributed by atoms with Crippen LogP contribution in [0.25, 0.3) is 0 Å². The summed E-state index contributed by atoms with van der Waals surface area (Å²) >= 11 is 0. The van der Waals surface area contributed by atoms with Gasteiger partial charge in [-0.15, -0.1) is 0 Å². The number of ether oxygens (including phenoxy) is 1. The van der Waals surface area contributed by atoms with Gasteiger partial charge in [-0.25, -0.2) is 12.8 Å². The number of hydrogen-bond donors (Lipinski definition) is 1. The van der Waals surface area contributed by atoms with Gasteiger partial charge in [-0.3, -0.25) is 13.9 Å². The van der Waals surface area contributed by atoms with Crippen molar-refractivity contribution in [3.63, 3.8) is 0 Å². The third-order valence-corrected chi connectivity index (χ3v) is 8.72. The predicted molar refractivity (Wildman–Crippen MR) is 168 cm³/mol. The molecule has 2 amide bonds. The summed E-state index contributed by atoms with van der Waals surface area (Å²) in [6.07, 6.45) is 0.189. The molecule has 0 radical (unpaired) electrons. The minimum Gasteiger partial charge on any atom is -0.494 e. The van der Waals surface area contributed by atoms with E-state index in [0.717, 1.165) is 9.87 Å². The van der Waals surface area contributed by atoms with Gasteiger partial charge in [0.1, 0.15) is 24.2 Å². The third kappa shape index (κ3) is 8.23. The molecule has 4 rings (SSSR count). The van der Waals surface area contributed by atoms with Crippen LogP contribution >= 0.6 is 0 Å². The fraction of sp³-hybridized carbons (Fsp3) is 0.235. The van der Waals surface area contributed by atoms with Gasteiger partial charge in [0.15, 0.2) is 0 Å². The molecule has 44 heavy (non-hydrogen) atoms. The molecule has 0 unspecified atom stereocenters. The Kier molecular flexibility index (Phi) is 11.1. The minimum atomic E-state index is -4.21. The monoisotopic (exact) mass is 617 g/mol. The van der Waals surface area contributed by atoms with Gasteiger partial charge in [0.25, 0.3) is 10.0 Å². The van der Waals surface area contributed by atoms with Crippen LogP contribution in [0, 0.1) is 5.82 Å². The van der Waals surface area contributed by atoms with E-state index in [0.29, 0.717) is 24.5 Å². The fourth-order valence-electron chi connectivity index (χ4n) is 4.76. The van der Waals surface area contributed by atoms with Crippen LogP contribution in [0.1, 0.15) is 25.0 Å². The van der Waals surface area contributed by atoms with E-state index < -0.39 is 34.3 Å². The number of hydrogen-bond acceptors (Lipinski definition) is 5. The van der Waals surface area contributed by atoms with Gasteiger partial charge in [-0.2, -0.15) is 0 Å². The first-order valence-corrected chi connectivity index (χ1v) is 15.8. The summed E-state index contributed by atoms with van der Waals surface area (Å²) in [6.45, 7) is 3.76. The normalized spacial score (nSPS) is 11.8. The smallest absolute Gasteiger partial charge is 0.264 e. The molecule has 0 heterocycles. The average molecular weight is 618 g/mol. The number of likely N-dealkylation sites (N-methyl/N-ethyl adjacent to an activating group) is 1. The second-order valence-corrected chi connectivity index (χ2v) is 11.9. The van der Waals surface area contributed by atoms with E-state index in [-0.39, 0.29) is 29.5 Å². The van der Waals surface area contributed by atoms with Crippen LogP contribution in [0.4, 0.5) is 10.1 Å². The Morgan fingerprint density at radius 3 is 2.02 bits per heavy atom. The van der Waals surface area contributed by atoms with Crippen LogP contribution in [0.3, 0.4) is 0 Å². The number of rotatable bonds is 14. The maximum atomic E-state index is 14.3. The molecule has 0 saturated carbocycles. The third-order valence-electron chi connectivity index (χ3n) is 6.93. The van der Waals surface area contributed by atoms with Gasteiger partial charge in [0, 0.05) is 19.5 Å². The number of benzene rings is 4. The van der Waals surface area contributed by atoms with E-state index in [1.54, 1.807) is 49.4 Å². The number of sulfonamides is 1. The predicted octanol–water partition coefficient (Wildman–Crippen LogP) is 5.20. The van der Waals surface area contributed by atoms with Crippen LogP contribution < -0.4 is 14.4 Å². The van der Waals surface area contributed by atoms with Crippen molar-refractivity contribution in [2.24, 2.45) is 0 Å². The Balaban J connectivity index is 1.78. The Bertz CT molecular complexity index is 1620. The first-order chi connectivity index (χ1) is 21.2. The number of carbonyl (C=O) groups is 2. The van der Waals surface area contributed by atoms with Gasteiger partial charge in [-0.05, 0) is 73.5 Å². The number of nitrogens with zero attached hydrogens (tertiary/aromatic N) is 2. The summed E-state index contributed by atoms with van der Waals surface area (Å²) in [7, 11) is -4.21. The quantitative estimate of drug-likeness (QED) is 0.210. The molecule has 0 spiro atoms. The van der Waals surface area contributed by atoms with E-state index in [1.807, 2.05) is 37.3 Å². The van der Waals surface area contributed by atoms with Gasteiger partial charge in [-0.1, -0.05) is 60.7 Å². The van der Waals surface area contributed by atoms with Crippen LogP contribution in [-0.4, -0.2) is 50.9 Å². The SMILES string of the molecule is CCNC(=O)[C@H](Cc1ccccc1)N(Cc1ccc(F)cc1)C(=O)CN(c1ccc(OCC)cc1)S(=O)(=O)c1ccccc1. The summed E-state index contributed by atoms with van der Waals surface area (Å²) in [5, 5.41) is 2.82. The number of halogens is 1. The standard InChI is InChI=1S/C34H36FN3O5S/c1-3-36-34(40)32(23-26-11-7-5-8-12-26)37(24-27-15-17-28(35)18-16-27)33(39)25-38(29-19-21-30(22-20-29)43-4-2)44(41,42)31-13-9-6-10-14-31/h5-22,32H,3-4,23-25H2,1-2H3,(H,36,40)/t32-/m0/s1. The van der Waals surface area contributed by atoms with E-state index in [2.05, 4.69) is 5.32 Å². The topological polar surface area (TPSA) is 96.0 Å². The molecule has 0 aromatic heterocycles.